The highest BCUT2D eigenvalue weighted by Crippen LogP contribution is 2.31. The number of halogens is 1. The van der Waals surface area contributed by atoms with Crippen LogP contribution in [-0.2, 0) is 6.54 Å². The zero-order valence-electron chi connectivity index (χ0n) is 12.3. The zero-order valence-corrected chi connectivity index (χ0v) is 13.8. The lowest BCUT2D eigenvalue weighted by Crippen LogP contribution is -2.22. The Hall–Kier alpha value is -1.66. The number of hydrogen-bond donors (Lipinski definition) is 1. The molecule has 0 radical (unpaired) electrons. The molecule has 1 aromatic carbocycles. The van der Waals surface area contributed by atoms with E-state index in [9.17, 15) is 0 Å². The first kappa shape index (κ1) is 15.7. The summed E-state index contributed by atoms with van der Waals surface area (Å²) in [5.74, 6) is 1.89. The van der Waals surface area contributed by atoms with Crippen molar-refractivity contribution in [3.05, 3.63) is 40.8 Å². The van der Waals surface area contributed by atoms with E-state index < -0.39 is 0 Å². The summed E-state index contributed by atoms with van der Waals surface area (Å²) in [7, 11) is 1.62. The second-order valence-electron chi connectivity index (χ2n) is 4.78. The molecule has 0 aliphatic heterocycles. The molecule has 21 heavy (non-hydrogen) atoms. The normalized spacial score (nSPS) is 10.7. The zero-order chi connectivity index (χ0) is 15.2. The Morgan fingerprint density at radius 3 is 2.76 bits per heavy atom. The first-order valence-electron chi connectivity index (χ1n) is 6.64. The summed E-state index contributed by atoms with van der Waals surface area (Å²) in [6, 6.07) is 5.89. The van der Waals surface area contributed by atoms with Crippen LogP contribution in [0.5, 0.6) is 17.4 Å². The number of rotatable bonds is 6. The number of hydrogen-bond acceptors (Lipinski definition) is 5. The van der Waals surface area contributed by atoms with Crippen molar-refractivity contribution < 1.29 is 9.47 Å². The molecule has 0 amide bonds. The van der Waals surface area contributed by atoms with Gasteiger partial charge < -0.3 is 14.8 Å². The van der Waals surface area contributed by atoms with Gasteiger partial charge in [0.15, 0.2) is 0 Å². The van der Waals surface area contributed by atoms with Crippen LogP contribution in [0.3, 0.4) is 0 Å². The lowest BCUT2D eigenvalue weighted by Gasteiger charge is -2.10. The average molecular weight is 352 g/mol. The molecule has 0 aliphatic carbocycles. The van der Waals surface area contributed by atoms with Gasteiger partial charge in [-0.15, -0.1) is 0 Å². The summed E-state index contributed by atoms with van der Waals surface area (Å²) in [6.07, 6.45) is 3.32. The number of ether oxygens (including phenoxy) is 2. The number of nitrogens with zero attached hydrogens (tertiary/aromatic N) is 2. The van der Waals surface area contributed by atoms with E-state index in [1.807, 2.05) is 18.2 Å². The fourth-order valence-corrected chi connectivity index (χ4v) is 2.07. The molecule has 1 N–H and O–H groups in total. The number of aromatic nitrogens is 2. The summed E-state index contributed by atoms with van der Waals surface area (Å²) in [5, 5.41) is 3.30. The van der Waals surface area contributed by atoms with E-state index in [-0.39, 0.29) is 0 Å². The Labute approximate surface area is 132 Å². The Balaban J connectivity index is 2.10. The van der Waals surface area contributed by atoms with Gasteiger partial charge in [-0.3, -0.25) is 4.98 Å². The van der Waals surface area contributed by atoms with Crippen LogP contribution in [0.4, 0.5) is 0 Å². The van der Waals surface area contributed by atoms with Crippen LogP contribution in [0.25, 0.3) is 0 Å². The van der Waals surface area contributed by atoms with Crippen molar-refractivity contribution >= 4 is 15.9 Å². The van der Waals surface area contributed by atoms with Crippen molar-refractivity contribution in [1.82, 2.24) is 15.3 Å². The van der Waals surface area contributed by atoms with Gasteiger partial charge in [0.1, 0.15) is 11.5 Å². The van der Waals surface area contributed by atoms with Crippen molar-refractivity contribution in [3.63, 3.8) is 0 Å². The van der Waals surface area contributed by atoms with Crippen molar-refractivity contribution in [2.75, 3.05) is 7.11 Å². The molecule has 0 atom stereocenters. The van der Waals surface area contributed by atoms with E-state index in [1.165, 1.54) is 0 Å². The predicted octanol–water partition coefficient (Wildman–Crippen LogP) is 3.54. The van der Waals surface area contributed by atoms with Crippen molar-refractivity contribution in [2.24, 2.45) is 0 Å². The largest absolute Gasteiger partial charge is 0.497 e. The van der Waals surface area contributed by atoms with Gasteiger partial charge in [-0.2, -0.15) is 0 Å². The summed E-state index contributed by atoms with van der Waals surface area (Å²) < 4.78 is 11.7. The van der Waals surface area contributed by atoms with Crippen LogP contribution in [-0.4, -0.2) is 23.1 Å². The van der Waals surface area contributed by atoms with Crippen LogP contribution in [0.2, 0.25) is 0 Å². The smallest absolute Gasteiger partial charge is 0.238 e. The highest BCUT2D eigenvalue weighted by atomic mass is 79.9. The minimum Gasteiger partial charge on any atom is -0.497 e. The minimum atomic E-state index is 0.395. The SMILES string of the molecule is COc1ccc(Oc2cncc(CNC(C)C)n2)c(Br)c1. The molecular weight excluding hydrogens is 334 g/mol. The molecule has 0 aliphatic rings. The molecule has 112 valence electrons. The van der Waals surface area contributed by atoms with Gasteiger partial charge >= 0.3 is 0 Å². The van der Waals surface area contributed by atoms with E-state index in [2.05, 4.69) is 45.1 Å². The third kappa shape index (κ3) is 4.68. The minimum absolute atomic E-state index is 0.395. The van der Waals surface area contributed by atoms with Crippen LogP contribution in [0.15, 0.2) is 35.1 Å². The molecule has 0 fully saturated rings. The van der Waals surface area contributed by atoms with Gasteiger partial charge in [-0.1, -0.05) is 13.8 Å². The summed E-state index contributed by atoms with van der Waals surface area (Å²) in [4.78, 5) is 8.58. The van der Waals surface area contributed by atoms with E-state index in [1.54, 1.807) is 19.5 Å². The van der Waals surface area contributed by atoms with Crippen LogP contribution in [0, 0.1) is 0 Å². The second-order valence-corrected chi connectivity index (χ2v) is 5.64. The molecule has 0 bridgehead atoms. The van der Waals surface area contributed by atoms with Gasteiger partial charge in [0, 0.05) is 18.8 Å². The highest BCUT2D eigenvalue weighted by Gasteiger charge is 2.07. The van der Waals surface area contributed by atoms with Crippen molar-refractivity contribution in [2.45, 2.75) is 26.4 Å². The van der Waals surface area contributed by atoms with Gasteiger partial charge in [-0.05, 0) is 34.1 Å². The summed E-state index contributed by atoms with van der Waals surface area (Å²) >= 11 is 3.45. The Bertz CT molecular complexity index is 605. The molecule has 2 aromatic rings. The first-order valence-corrected chi connectivity index (χ1v) is 7.43. The predicted molar refractivity (Wildman–Crippen MR) is 84.8 cm³/mol. The Morgan fingerprint density at radius 2 is 2.10 bits per heavy atom. The molecule has 0 saturated carbocycles. The number of benzene rings is 1. The lowest BCUT2D eigenvalue weighted by molar-refractivity contribution is 0.411. The van der Waals surface area contributed by atoms with Crippen LogP contribution in [0.1, 0.15) is 19.5 Å². The highest BCUT2D eigenvalue weighted by molar-refractivity contribution is 9.10. The molecule has 0 spiro atoms. The number of methoxy groups -OCH3 is 1. The maximum atomic E-state index is 5.75. The fraction of sp³-hybridized carbons (Fsp3) is 0.333. The maximum Gasteiger partial charge on any atom is 0.238 e. The number of nitrogens with one attached hydrogen (secondary N) is 1. The molecule has 1 aromatic heterocycles. The molecule has 2 rings (SSSR count). The molecule has 6 heteroatoms. The summed E-state index contributed by atoms with van der Waals surface area (Å²) in [5.41, 5.74) is 0.839. The van der Waals surface area contributed by atoms with Crippen LogP contribution >= 0.6 is 15.9 Å². The molecule has 1 heterocycles. The molecule has 0 unspecified atom stereocenters. The van der Waals surface area contributed by atoms with Crippen LogP contribution < -0.4 is 14.8 Å². The molecule has 0 saturated heterocycles. The average Bonchev–Trinajstić information content (AvgIpc) is 2.47. The van der Waals surface area contributed by atoms with E-state index in [0.29, 0.717) is 24.2 Å². The topological polar surface area (TPSA) is 56.3 Å². The van der Waals surface area contributed by atoms with Gasteiger partial charge in [0.2, 0.25) is 5.88 Å². The Morgan fingerprint density at radius 1 is 1.29 bits per heavy atom. The van der Waals surface area contributed by atoms with E-state index in [0.717, 1.165) is 15.9 Å². The fourth-order valence-electron chi connectivity index (χ4n) is 1.63. The first-order chi connectivity index (χ1) is 10.1. The third-order valence-electron chi connectivity index (χ3n) is 2.71. The molecular formula is C15H18BrN3O2. The Kier molecular flexibility index (Phi) is 5.52. The summed E-state index contributed by atoms with van der Waals surface area (Å²) in [6.45, 7) is 4.83. The standard InChI is InChI=1S/C15H18BrN3O2/c1-10(2)18-8-11-7-17-9-15(19-11)21-14-5-4-12(20-3)6-13(14)16/h4-7,9-10,18H,8H2,1-3H3. The lowest BCUT2D eigenvalue weighted by atomic mass is 10.3. The van der Waals surface area contributed by atoms with Gasteiger partial charge in [0.05, 0.1) is 23.5 Å². The quantitative estimate of drug-likeness (QED) is 0.862. The van der Waals surface area contributed by atoms with Crippen molar-refractivity contribution in [1.29, 1.82) is 0 Å². The monoisotopic (exact) mass is 351 g/mol. The third-order valence-corrected chi connectivity index (χ3v) is 3.33. The van der Waals surface area contributed by atoms with E-state index in [4.69, 9.17) is 9.47 Å². The maximum absolute atomic E-state index is 5.75. The van der Waals surface area contributed by atoms with Crippen molar-refractivity contribution in [3.8, 4) is 17.4 Å². The molecule has 5 nitrogen and oxygen atoms in total. The van der Waals surface area contributed by atoms with Gasteiger partial charge in [0.25, 0.3) is 0 Å². The van der Waals surface area contributed by atoms with Gasteiger partial charge in [-0.25, -0.2) is 4.98 Å². The van der Waals surface area contributed by atoms with E-state index >= 15 is 0 Å². The second kappa shape index (κ2) is 7.38.